The normalized spacial score (nSPS) is 11.7. The van der Waals surface area contributed by atoms with Crippen LogP contribution in [0, 0.1) is 0 Å². The van der Waals surface area contributed by atoms with Gasteiger partial charge in [0.15, 0.2) is 6.08 Å². The third-order valence-corrected chi connectivity index (χ3v) is 2.76. The number of nitrogens with zero attached hydrogens (tertiary/aromatic N) is 1. The second-order valence-corrected chi connectivity index (χ2v) is 4.18. The summed E-state index contributed by atoms with van der Waals surface area (Å²) in [7, 11) is -3.93. The second kappa shape index (κ2) is 7.41. The zero-order valence-electron chi connectivity index (χ0n) is 9.08. The molecular weight excluding hydrogens is 257 g/mol. The molecule has 83 valence electrons. The Morgan fingerprint density at radius 2 is 1.94 bits per heavy atom. The number of hydrogen-bond acceptors (Lipinski definition) is 4. The van der Waals surface area contributed by atoms with Gasteiger partial charge in [0.2, 0.25) is 0 Å². The van der Waals surface area contributed by atoms with Gasteiger partial charge in [-0.15, -0.1) is 4.40 Å². The van der Waals surface area contributed by atoms with E-state index in [-0.39, 0.29) is 62.9 Å². The molecule has 1 rings (SSSR count). The Morgan fingerprint density at radius 1 is 1.38 bits per heavy atom. The van der Waals surface area contributed by atoms with Crippen molar-refractivity contribution < 1.29 is 18.3 Å². The first kappa shape index (κ1) is 16.1. The van der Waals surface area contributed by atoms with E-state index in [0.717, 1.165) is 0 Å². The van der Waals surface area contributed by atoms with E-state index in [1.807, 2.05) is 0 Å². The van der Waals surface area contributed by atoms with Gasteiger partial charge in [0, 0.05) is 51.4 Å². The maximum Gasteiger partial charge on any atom is 0.284 e. The van der Waals surface area contributed by atoms with Crippen LogP contribution in [0.1, 0.15) is 6.92 Å². The summed E-state index contributed by atoms with van der Waals surface area (Å²) < 4.78 is 30.3. The summed E-state index contributed by atoms with van der Waals surface area (Å²) >= 11 is 0. The average Bonchev–Trinajstić information content (AvgIpc) is 2.18. The van der Waals surface area contributed by atoms with Crippen molar-refractivity contribution in [3.8, 4) is 0 Å². The van der Waals surface area contributed by atoms with Crippen molar-refractivity contribution in [2.24, 2.45) is 4.40 Å². The van der Waals surface area contributed by atoms with Crippen LogP contribution in [0.5, 0.6) is 0 Å². The Bertz CT molecular complexity index is 444. The fourth-order valence-electron chi connectivity index (χ4n) is 0.893. The van der Waals surface area contributed by atoms with E-state index in [4.69, 9.17) is 0 Å². The molecule has 1 aromatic rings. The smallest absolute Gasteiger partial charge is 0.284 e. The fourth-order valence-corrected chi connectivity index (χ4v) is 1.75. The Morgan fingerprint density at radius 3 is 2.44 bits per heavy atom. The van der Waals surface area contributed by atoms with Crippen molar-refractivity contribution in [3.05, 3.63) is 30.3 Å². The summed E-state index contributed by atoms with van der Waals surface area (Å²) in [5, 5.41) is 10.9. The van der Waals surface area contributed by atoms with E-state index in [0.29, 0.717) is 0 Å². The molecule has 1 radical (unpaired) electrons. The zero-order chi connectivity index (χ0) is 11.3. The molecule has 0 N–H and O–H groups in total. The SMILES string of the molecule is CCO/C([O-])=N/S(=O)(=O)c1ccccc1.[K]. The summed E-state index contributed by atoms with van der Waals surface area (Å²) in [6.45, 7) is 1.66. The molecule has 16 heavy (non-hydrogen) atoms. The molecule has 0 aromatic heterocycles. The van der Waals surface area contributed by atoms with Gasteiger partial charge in [-0.05, 0) is 18.7 Å². The third kappa shape index (κ3) is 4.94. The maximum atomic E-state index is 11.4. The summed E-state index contributed by atoms with van der Waals surface area (Å²) in [6, 6.07) is 7.49. The van der Waals surface area contributed by atoms with Gasteiger partial charge in [-0.2, -0.15) is 8.42 Å². The van der Waals surface area contributed by atoms with Crippen molar-refractivity contribution in [2.45, 2.75) is 11.8 Å². The fraction of sp³-hybridized carbons (Fsp3) is 0.222. The molecule has 0 unspecified atom stereocenters. The molecule has 0 heterocycles. The van der Waals surface area contributed by atoms with E-state index in [2.05, 4.69) is 9.13 Å². The number of ether oxygens (including phenoxy) is 1. The van der Waals surface area contributed by atoms with Crippen molar-refractivity contribution >= 4 is 67.5 Å². The molecule has 0 saturated carbocycles. The van der Waals surface area contributed by atoms with Crippen molar-refractivity contribution in [3.63, 3.8) is 0 Å². The molecule has 0 aliphatic heterocycles. The second-order valence-electron chi connectivity index (χ2n) is 2.58. The van der Waals surface area contributed by atoms with Crippen LogP contribution in [-0.4, -0.2) is 72.5 Å². The molecule has 0 aliphatic rings. The molecule has 5 nitrogen and oxygen atoms in total. The number of hydrogen-bond donors (Lipinski definition) is 0. The first-order chi connectivity index (χ1) is 7.06. The summed E-state index contributed by atoms with van der Waals surface area (Å²) in [5.41, 5.74) is 0. The average molecular weight is 267 g/mol. The van der Waals surface area contributed by atoms with E-state index in [1.165, 1.54) is 12.1 Å². The molecule has 1 aromatic carbocycles. The third-order valence-electron chi connectivity index (χ3n) is 1.50. The van der Waals surface area contributed by atoms with Gasteiger partial charge < -0.3 is 9.84 Å². The van der Waals surface area contributed by atoms with Crippen LogP contribution in [-0.2, 0) is 14.8 Å². The first-order valence-corrected chi connectivity index (χ1v) is 5.70. The van der Waals surface area contributed by atoms with Crippen LogP contribution >= 0.6 is 0 Å². The van der Waals surface area contributed by atoms with E-state index >= 15 is 0 Å². The molecule has 7 heteroatoms. The zero-order valence-corrected chi connectivity index (χ0v) is 13.0. The predicted octanol–water partition coefficient (Wildman–Crippen LogP) is -0.253. The van der Waals surface area contributed by atoms with Gasteiger partial charge in [0.1, 0.15) is 0 Å². The van der Waals surface area contributed by atoms with Crippen molar-refractivity contribution in [1.29, 1.82) is 0 Å². The van der Waals surface area contributed by atoms with Gasteiger partial charge in [0.25, 0.3) is 10.0 Å². The molecular formula is C9H10KNO4S-. The van der Waals surface area contributed by atoms with Crippen LogP contribution < -0.4 is 5.11 Å². The van der Waals surface area contributed by atoms with E-state index in [1.54, 1.807) is 25.1 Å². The van der Waals surface area contributed by atoms with Gasteiger partial charge in [-0.3, -0.25) is 0 Å². The quantitative estimate of drug-likeness (QED) is 0.430. The van der Waals surface area contributed by atoms with Crippen LogP contribution in [0.15, 0.2) is 39.6 Å². The molecule has 0 atom stereocenters. The molecule has 0 amide bonds. The first-order valence-electron chi connectivity index (χ1n) is 4.26. The molecule has 0 aliphatic carbocycles. The summed E-state index contributed by atoms with van der Waals surface area (Å²) in [4.78, 5) is -0.0296. The minimum atomic E-state index is -3.93. The Hall–Kier alpha value is 0.0764. The Labute approximate surface area is 137 Å². The molecule has 0 saturated heterocycles. The predicted molar refractivity (Wildman–Crippen MR) is 58.4 cm³/mol. The number of benzene rings is 1. The van der Waals surface area contributed by atoms with Crippen LogP contribution in [0.2, 0.25) is 0 Å². The standard InChI is InChI=1S/C9H11NO4S.K/c1-2-14-9(11)10-15(12,13)8-6-4-3-5-7-8;/h3-7H,2H2,1H3,(H,10,11);/p-1. The van der Waals surface area contributed by atoms with Gasteiger partial charge in [-0.25, -0.2) is 0 Å². The summed E-state index contributed by atoms with van der Waals surface area (Å²) in [6.07, 6.45) is -1.10. The van der Waals surface area contributed by atoms with Crippen molar-refractivity contribution in [2.75, 3.05) is 6.61 Å². The van der Waals surface area contributed by atoms with Crippen molar-refractivity contribution in [1.82, 2.24) is 0 Å². The molecule has 0 spiro atoms. The maximum absolute atomic E-state index is 11.4. The topological polar surface area (TPSA) is 78.8 Å². The Kier molecular flexibility index (Phi) is 7.45. The number of rotatable bonds is 3. The van der Waals surface area contributed by atoms with Crippen LogP contribution in [0.25, 0.3) is 0 Å². The summed E-state index contributed by atoms with van der Waals surface area (Å²) in [5.74, 6) is 0. The minimum Gasteiger partial charge on any atom is -0.600 e. The van der Waals surface area contributed by atoms with E-state index < -0.39 is 16.1 Å². The van der Waals surface area contributed by atoms with Crippen LogP contribution in [0.4, 0.5) is 0 Å². The monoisotopic (exact) mass is 267 g/mol. The minimum absolute atomic E-state index is 0. The van der Waals surface area contributed by atoms with Crippen LogP contribution in [0.3, 0.4) is 0 Å². The van der Waals surface area contributed by atoms with Gasteiger partial charge in [-0.1, -0.05) is 25.1 Å². The van der Waals surface area contributed by atoms with Gasteiger partial charge in [0.05, 0.1) is 4.90 Å². The largest absolute Gasteiger partial charge is 0.600 e. The van der Waals surface area contributed by atoms with Gasteiger partial charge >= 0.3 is 0 Å². The molecule has 0 bridgehead atoms. The van der Waals surface area contributed by atoms with E-state index in [9.17, 15) is 13.5 Å². The Balaban J connectivity index is 0.00000225. The molecule has 0 fully saturated rings. The number of sulfonamides is 1.